The molecule has 6 nitrogen and oxygen atoms in total. The van der Waals surface area contributed by atoms with Crippen molar-refractivity contribution >= 4 is 43.8 Å². The van der Waals surface area contributed by atoms with E-state index in [0.29, 0.717) is 27.2 Å². The fourth-order valence-corrected chi connectivity index (χ4v) is 5.03. The maximum atomic E-state index is 6.45. The van der Waals surface area contributed by atoms with Crippen LogP contribution in [-0.2, 0) is 19.5 Å². The first-order valence-corrected chi connectivity index (χ1v) is 11.5. The van der Waals surface area contributed by atoms with Crippen LogP contribution in [0.1, 0.15) is 16.8 Å². The number of halogens is 1. The summed E-state index contributed by atoms with van der Waals surface area (Å²) in [5, 5.41) is 2.21. The molecule has 0 radical (unpaired) electrons. The number of aromatic nitrogens is 1. The molecule has 3 N–H and O–H groups in total. The number of thiophene rings is 1. The van der Waals surface area contributed by atoms with Crippen LogP contribution in [0.25, 0.3) is 10.2 Å². The Hall–Kier alpha value is -3.00. The minimum atomic E-state index is 0.487. The number of methoxy groups -OCH3 is 1. The molecule has 0 atom stereocenters. The van der Waals surface area contributed by atoms with E-state index in [1.165, 1.54) is 22.5 Å². The van der Waals surface area contributed by atoms with Crippen LogP contribution in [-0.4, -0.2) is 23.5 Å². The maximum Gasteiger partial charge on any atom is 0.198 e. The van der Waals surface area contributed by atoms with Crippen LogP contribution in [0, 0.1) is 0 Å². The van der Waals surface area contributed by atoms with Gasteiger partial charge in [-0.3, -0.25) is 4.90 Å². The second-order valence-corrected chi connectivity index (χ2v) is 9.17. The molecule has 0 saturated heterocycles. The highest BCUT2D eigenvalue weighted by molar-refractivity contribution is 7.23. The van der Waals surface area contributed by atoms with E-state index in [0.717, 1.165) is 42.0 Å². The van der Waals surface area contributed by atoms with Crippen molar-refractivity contribution in [1.82, 2.24) is 9.88 Å². The summed E-state index contributed by atoms with van der Waals surface area (Å²) in [4.78, 5) is 14.0. The average molecular weight is 467 g/mol. The van der Waals surface area contributed by atoms with Gasteiger partial charge in [0.1, 0.15) is 9.83 Å². The first kappa shape index (κ1) is 20.9. The number of pyridine rings is 1. The Kier molecular flexibility index (Phi) is 5.78. The molecule has 4 aromatic rings. The van der Waals surface area contributed by atoms with Crippen LogP contribution in [0.15, 0.2) is 54.6 Å². The fraction of sp³-hybridized carbons (Fsp3) is 0.208. The zero-order chi connectivity index (χ0) is 22.1. The molecule has 0 amide bonds. The van der Waals surface area contributed by atoms with Gasteiger partial charge in [-0.15, -0.1) is 0 Å². The molecule has 2 aromatic carbocycles. The standard InChI is InChI=1S/C24H23ClN4O2S/c1-30-20-8-7-17(25)12-21(20)31-28-24-22(26)18-11-16-14-29(13-15-5-3-2-4-6-15)10-9-19(16)27-23(18)32-24/h2-8,11-12,28H,9-10,13-14,26H2,1H3. The summed E-state index contributed by atoms with van der Waals surface area (Å²) in [7, 11) is 1.58. The summed E-state index contributed by atoms with van der Waals surface area (Å²) in [6.45, 7) is 2.78. The largest absolute Gasteiger partial charge is 0.493 e. The highest BCUT2D eigenvalue weighted by Gasteiger charge is 2.21. The molecule has 0 bridgehead atoms. The number of nitrogens with two attached hydrogens (primary N) is 1. The van der Waals surface area contributed by atoms with Gasteiger partial charge in [0.2, 0.25) is 0 Å². The Morgan fingerprint density at radius 3 is 2.81 bits per heavy atom. The zero-order valence-corrected chi connectivity index (χ0v) is 19.2. The summed E-state index contributed by atoms with van der Waals surface area (Å²) >= 11 is 7.56. The number of benzene rings is 2. The van der Waals surface area contributed by atoms with E-state index in [1.54, 1.807) is 25.3 Å². The fourth-order valence-electron chi connectivity index (χ4n) is 3.94. The third-order valence-electron chi connectivity index (χ3n) is 5.58. The van der Waals surface area contributed by atoms with Crippen LogP contribution in [0.2, 0.25) is 5.02 Å². The normalized spacial score (nSPS) is 13.7. The summed E-state index contributed by atoms with van der Waals surface area (Å²) in [6.07, 6.45) is 0.925. The monoisotopic (exact) mass is 466 g/mol. The molecular weight excluding hydrogens is 444 g/mol. The highest BCUT2D eigenvalue weighted by atomic mass is 35.5. The van der Waals surface area contributed by atoms with E-state index >= 15 is 0 Å². The van der Waals surface area contributed by atoms with Crippen LogP contribution >= 0.6 is 22.9 Å². The number of nitrogens with zero attached hydrogens (tertiary/aromatic N) is 2. The van der Waals surface area contributed by atoms with Crippen molar-refractivity contribution in [1.29, 1.82) is 0 Å². The number of fused-ring (bicyclic) bond motifs is 2. The topological polar surface area (TPSA) is 72.6 Å². The van der Waals surface area contributed by atoms with Crippen molar-refractivity contribution in [3.63, 3.8) is 0 Å². The lowest BCUT2D eigenvalue weighted by Crippen LogP contribution is -2.30. The molecular formula is C24H23ClN4O2S. The molecule has 1 aliphatic rings. The van der Waals surface area contributed by atoms with Crippen molar-refractivity contribution in [3.8, 4) is 11.5 Å². The van der Waals surface area contributed by atoms with E-state index in [1.807, 2.05) is 6.07 Å². The van der Waals surface area contributed by atoms with Gasteiger partial charge < -0.3 is 15.3 Å². The molecule has 32 heavy (non-hydrogen) atoms. The van der Waals surface area contributed by atoms with Crippen LogP contribution in [0.5, 0.6) is 11.5 Å². The summed E-state index contributed by atoms with van der Waals surface area (Å²) in [5.74, 6) is 1.06. The van der Waals surface area contributed by atoms with Gasteiger partial charge >= 0.3 is 0 Å². The quantitative estimate of drug-likeness (QED) is 0.365. The van der Waals surface area contributed by atoms with Crippen molar-refractivity contribution in [2.24, 2.45) is 0 Å². The Balaban J connectivity index is 1.36. The molecule has 3 heterocycles. The minimum Gasteiger partial charge on any atom is -0.493 e. The van der Waals surface area contributed by atoms with E-state index in [4.69, 9.17) is 31.9 Å². The molecule has 164 valence electrons. The molecule has 0 saturated carbocycles. The lowest BCUT2D eigenvalue weighted by molar-refractivity contribution is 0.244. The number of hydrogen-bond donors (Lipinski definition) is 2. The third-order valence-corrected chi connectivity index (χ3v) is 6.82. The lowest BCUT2D eigenvalue weighted by Gasteiger charge is -2.28. The number of nitrogen functional groups attached to an aromatic ring is 1. The van der Waals surface area contributed by atoms with E-state index in [2.05, 4.69) is 40.7 Å². The summed E-state index contributed by atoms with van der Waals surface area (Å²) in [6, 6.07) is 17.9. The number of rotatable bonds is 6. The molecule has 1 aliphatic heterocycles. The SMILES string of the molecule is COc1ccc(Cl)cc1ONc1sc2nc3c(cc2c1N)CN(Cc1ccccc1)CC3. The van der Waals surface area contributed by atoms with Gasteiger partial charge in [-0.05, 0) is 29.3 Å². The number of nitrogens with one attached hydrogen (secondary N) is 1. The molecule has 5 rings (SSSR count). The van der Waals surface area contributed by atoms with Crippen molar-refractivity contribution in [3.05, 3.63) is 76.4 Å². The summed E-state index contributed by atoms with van der Waals surface area (Å²) in [5.41, 5.74) is 13.7. The molecule has 0 fully saturated rings. The first-order valence-electron chi connectivity index (χ1n) is 10.3. The maximum absolute atomic E-state index is 6.45. The Morgan fingerprint density at radius 1 is 1.16 bits per heavy atom. The van der Waals surface area contributed by atoms with E-state index in [-0.39, 0.29) is 0 Å². The lowest BCUT2D eigenvalue weighted by atomic mass is 10.0. The molecule has 8 heteroatoms. The molecule has 0 spiro atoms. The molecule has 0 aliphatic carbocycles. The van der Waals surface area contributed by atoms with Gasteiger partial charge in [0.25, 0.3) is 0 Å². The van der Waals surface area contributed by atoms with Crippen molar-refractivity contribution in [2.45, 2.75) is 19.5 Å². The van der Waals surface area contributed by atoms with Crippen molar-refractivity contribution in [2.75, 3.05) is 24.9 Å². The van der Waals surface area contributed by atoms with Gasteiger partial charge in [0.15, 0.2) is 11.5 Å². The Labute approximate surface area is 195 Å². The number of hydrogen-bond acceptors (Lipinski definition) is 7. The Bertz CT molecular complexity index is 1260. The first-order chi connectivity index (χ1) is 15.6. The van der Waals surface area contributed by atoms with Crippen LogP contribution < -0.4 is 20.8 Å². The predicted octanol–water partition coefficient (Wildman–Crippen LogP) is 5.50. The van der Waals surface area contributed by atoms with Gasteiger partial charge in [0, 0.05) is 48.2 Å². The second-order valence-electron chi connectivity index (χ2n) is 7.74. The predicted molar refractivity (Wildman–Crippen MR) is 131 cm³/mol. The summed E-state index contributed by atoms with van der Waals surface area (Å²) < 4.78 is 5.33. The molecule has 0 unspecified atom stereocenters. The van der Waals surface area contributed by atoms with E-state index < -0.39 is 0 Å². The number of anilines is 2. The van der Waals surface area contributed by atoms with Gasteiger partial charge in [0.05, 0.1) is 12.8 Å². The van der Waals surface area contributed by atoms with Gasteiger partial charge in [-0.25, -0.2) is 10.5 Å². The van der Waals surface area contributed by atoms with Gasteiger partial charge in [-0.1, -0.05) is 53.3 Å². The zero-order valence-electron chi connectivity index (χ0n) is 17.6. The highest BCUT2D eigenvalue weighted by Crippen LogP contribution is 2.40. The second kappa shape index (κ2) is 8.86. The Morgan fingerprint density at radius 2 is 2.00 bits per heavy atom. The van der Waals surface area contributed by atoms with E-state index in [9.17, 15) is 0 Å². The molecule has 2 aromatic heterocycles. The third kappa shape index (κ3) is 4.19. The van der Waals surface area contributed by atoms with Crippen LogP contribution in [0.3, 0.4) is 0 Å². The van der Waals surface area contributed by atoms with Crippen LogP contribution in [0.4, 0.5) is 10.7 Å². The van der Waals surface area contributed by atoms with Crippen molar-refractivity contribution < 1.29 is 9.57 Å². The number of ether oxygens (including phenoxy) is 1. The minimum absolute atomic E-state index is 0.487. The van der Waals surface area contributed by atoms with Gasteiger partial charge in [-0.2, -0.15) is 0 Å². The smallest absolute Gasteiger partial charge is 0.198 e. The average Bonchev–Trinajstić information content (AvgIpc) is 3.11.